The number of alkyl halides is 1. The van der Waals surface area contributed by atoms with Crippen molar-refractivity contribution in [3.63, 3.8) is 0 Å². The van der Waals surface area contributed by atoms with Crippen LogP contribution in [0, 0.1) is 0 Å². The van der Waals surface area contributed by atoms with Crippen molar-refractivity contribution in [3.8, 4) is 0 Å². The zero-order chi connectivity index (χ0) is 13.5. The van der Waals surface area contributed by atoms with Gasteiger partial charge in [0, 0.05) is 44.7 Å². The summed E-state index contributed by atoms with van der Waals surface area (Å²) in [7, 11) is 0. The third-order valence-electron chi connectivity index (χ3n) is 3.38. The summed E-state index contributed by atoms with van der Waals surface area (Å²) >= 11 is 5.62. The van der Waals surface area contributed by atoms with Gasteiger partial charge in [-0.1, -0.05) is 6.07 Å². The molecule has 0 aromatic carbocycles. The second-order valence-corrected chi connectivity index (χ2v) is 5.08. The van der Waals surface area contributed by atoms with Crippen molar-refractivity contribution in [3.05, 3.63) is 24.4 Å². The molecule has 1 aromatic rings. The second kappa shape index (κ2) is 7.34. The van der Waals surface area contributed by atoms with E-state index in [1.807, 2.05) is 23.1 Å². The van der Waals surface area contributed by atoms with Gasteiger partial charge in [-0.2, -0.15) is 0 Å². The Morgan fingerprint density at radius 2 is 2.00 bits per heavy atom. The number of unbranched alkanes of at least 4 members (excludes halogenated alkanes) is 1. The number of hydrogen-bond acceptors (Lipinski definition) is 3. The Bertz CT molecular complexity index is 391. The normalized spacial score (nSPS) is 15.6. The first-order valence-electron chi connectivity index (χ1n) is 6.81. The first-order valence-corrected chi connectivity index (χ1v) is 7.34. The van der Waals surface area contributed by atoms with Gasteiger partial charge in [-0.3, -0.25) is 4.79 Å². The molecular formula is C14H20ClN3O. The number of rotatable bonds is 5. The zero-order valence-electron chi connectivity index (χ0n) is 11.1. The Labute approximate surface area is 119 Å². The number of carbonyl (C=O) groups excluding carboxylic acids is 1. The number of amides is 1. The van der Waals surface area contributed by atoms with Crippen LogP contribution in [0.5, 0.6) is 0 Å². The van der Waals surface area contributed by atoms with E-state index in [0.717, 1.165) is 44.8 Å². The highest BCUT2D eigenvalue weighted by molar-refractivity contribution is 6.17. The molecule has 0 atom stereocenters. The van der Waals surface area contributed by atoms with Crippen LogP contribution in [-0.2, 0) is 4.79 Å². The van der Waals surface area contributed by atoms with Crippen molar-refractivity contribution in [1.82, 2.24) is 9.88 Å². The van der Waals surface area contributed by atoms with Crippen LogP contribution in [0.25, 0.3) is 0 Å². The van der Waals surface area contributed by atoms with Gasteiger partial charge < -0.3 is 9.80 Å². The molecule has 5 heteroatoms. The molecule has 0 aliphatic carbocycles. The van der Waals surface area contributed by atoms with E-state index in [1.165, 1.54) is 0 Å². The number of nitrogens with zero attached hydrogens (tertiary/aromatic N) is 3. The minimum absolute atomic E-state index is 0.255. The Morgan fingerprint density at radius 3 is 2.63 bits per heavy atom. The highest BCUT2D eigenvalue weighted by atomic mass is 35.5. The Hall–Kier alpha value is -1.29. The second-order valence-electron chi connectivity index (χ2n) is 4.70. The van der Waals surface area contributed by atoms with Crippen molar-refractivity contribution >= 4 is 23.3 Å². The standard InChI is InChI=1S/C14H20ClN3O/c15-7-3-1-6-14(19)18-11-9-17(10-12-18)13-5-2-4-8-16-13/h2,4-5,8H,1,3,6-7,9-12H2. The number of pyridine rings is 1. The molecule has 1 aromatic heterocycles. The van der Waals surface area contributed by atoms with Crippen LogP contribution in [0.1, 0.15) is 19.3 Å². The van der Waals surface area contributed by atoms with E-state index in [-0.39, 0.29) is 5.91 Å². The molecule has 0 unspecified atom stereocenters. The number of aromatic nitrogens is 1. The van der Waals surface area contributed by atoms with Gasteiger partial charge in [0.2, 0.25) is 5.91 Å². The van der Waals surface area contributed by atoms with Gasteiger partial charge in [0.05, 0.1) is 0 Å². The topological polar surface area (TPSA) is 36.4 Å². The first kappa shape index (κ1) is 14.1. The van der Waals surface area contributed by atoms with Gasteiger partial charge in [0.15, 0.2) is 0 Å². The average molecular weight is 282 g/mol. The van der Waals surface area contributed by atoms with Gasteiger partial charge >= 0.3 is 0 Å². The predicted octanol–water partition coefficient (Wildman–Crippen LogP) is 2.14. The number of anilines is 1. The van der Waals surface area contributed by atoms with Crippen molar-refractivity contribution in [2.45, 2.75) is 19.3 Å². The van der Waals surface area contributed by atoms with Crippen molar-refractivity contribution < 1.29 is 4.79 Å². The van der Waals surface area contributed by atoms with Crippen LogP contribution in [0.15, 0.2) is 24.4 Å². The smallest absolute Gasteiger partial charge is 0.222 e. The highest BCUT2D eigenvalue weighted by Crippen LogP contribution is 2.13. The molecule has 0 radical (unpaired) electrons. The van der Waals surface area contributed by atoms with E-state index in [1.54, 1.807) is 6.20 Å². The number of piperazine rings is 1. The zero-order valence-corrected chi connectivity index (χ0v) is 11.9. The summed E-state index contributed by atoms with van der Waals surface area (Å²) in [6, 6.07) is 5.92. The quantitative estimate of drug-likeness (QED) is 0.613. The molecule has 104 valence electrons. The van der Waals surface area contributed by atoms with E-state index in [2.05, 4.69) is 9.88 Å². The van der Waals surface area contributed by atoms with Crippen LogP contribution in [0.2, 0.25) is 0 Å². The van der Waals surface area contributed by atoms with Crippen LogP contribution >= 0.6 is 11.6 Å². The summed E-state index contributed by atoms with van der Waals surface area (Å²) in [5.74, 6) is 1.89. The average Bonchev–Trinajstić information content (AvgIpc) is 2.48. The fourth-order valence-electron chi connectivity index (χ4n) is 2.25. The van der Waals surface area contributed by atoms with E-state index in [4.69, 9.17) is 11.6 Å². The lowest BCUT2D eigenvalue weighted by Gasteiger charge is -2.35. The maximum atomic E-state index is 12.0. The first-order chi connectivity index (χ1) is 9.31. The predicted molar refractivity (Wildman–Crippen MR) is 77.6 cm³/mol. The van der Waals surface area contributed by atoms with Gasteiger partial charge in [0.1, 0.15) is 5.82 Å². The molecular weight excluding hydrogens is 262 g/mol. The van der Waals surface area contributed by atoms with Crippen molar-refractivity contribution in [2.75, 3.05) is 37.0 Å². The number of hydrogen-bond donors (Lipinski definition) is 0. The minimum Gasteiger partial charge on any atom is -0.353 e. The lowest BCUT2D eigenvalue weighted by Crippen LogP contribution is -2.49. The van der Waals surface area contributed by atoms with E-state index in [9.17, 15) is 4.79 Å². The third-order valence-corrected chi connectivity index (χ3v) is 3.65. The molecule has 0 saturated carbocycles. The molecule has 1 aliphatic heterocycles. The molecule has 1 aliphatic rings. The summed E-state index contributed by atoms with van der Waals surface area (Å²) in [6.07, 6.45) is 4.24. The Kier molecular flexibility index (Phi) is 5.45. The summed E-state index contributed by atoms with van der Waals surface area (Å²) in [5.41, 5.74) is 0. The molecule has 1 amide bonds. The fraction of sp³-hybridized carbons (Fsp3) is 0.571. The monoisotopic (exact) mass is 281 g/mol. The maximum absolute atomic E-state index is 12.0. The van der Waals surface area contributed by atoms with E-state index < -0.39 is 0 Å². The minimum atomic E-state index is 0.255. The van der Waals surface area contributed by atoms with E-state index in [0.29, 0.717) is 12.3 Å². The molecule has 0 spiro atoms. The molecule has 0 N–H and O–H groups in total. The molecule has 1 fully saturated rings. The Balaban J connectivity index is 1.77. The summed E-state index contributed by atoms with van der Waals surface area (Å²) in [6.45, 7) is 3.29. The SMILES string of the molecule is O=C(CCCCCl)N1CCN(c2ccccn2)CC1. The lowest BCUT2D eigenvalue weighted by molar-refractivity contribution is -0.131. The summed E-state index contributed by atoms with van der Waals surface area (Å²) in [4.78, 5) is 20.5. The summed E-state index contributed by atoms with van der Waals surface area (Å²) < 4.78 is 0. The van der Waals surface area contributed by atoms with Crippen LogP contribution in [-0.4, -0.2) is 47.9 Å². The van der Waals surface area contributed by atoms with Crippen molar-refractivity contribution in [1.29, 1.82) is 0 Å². The largest absolute Gasteiger partial charge is 0.353 e. The van der Waals surface area contributed by atoms with E-state index >= 15 is 0 Å². The molecule has 2 rings (SSSR count). The molecule has 1 saturated heterocycles. The van der Waals surface area contributed by atoms with Gasteiger partial charge in [0.25, 0.3) is 0 Å². The molecule has 4 nitrogen and oxygen atoms in total. The van der Waals surface area contributed by atoms with Crippen LogP contribution in [0.4, 0.5) is 5.82 Å². The third kappa shape index (κ3) is 4.10. The van der Waals surface area contributed by atoms with Crippen molar-refractivity contribution in [2.24, 2.45) is 0 Å². The lowest BCUT2D eigenvalue weighted by atomic mass is 10.2. The van der Waals surface area contributed by atoms with Crippen LogP contribution < -0.4 is 4.90 Å². The maximum Gasteiger partial charge on any atom is 0.222 e. The molecule has 2 heterocycles. The highest BCUT2D eigenvalue weighted by Gasteiger charge is 2.21. The van der Waals surface area contributed by atoms with Gasteiger partial charge in [-0.15, -0.1) is 11.6 Å². The number of halogens is 1. The van der Waals surface area contributed by atoms with Gasteiger partial charge in [-0.25, -0.2) is 4.98 Å². The number of carbonyl (C=O) groups is 1. The molecule has 0 bridgehead atoms. The van der Waals surface area contributed by atoms with Gasteiger partial charge in [-0.05, 0) is 25.0 Å². The summed E-state index contributed by atoms with van der Waals surface area (Å²) in [5, 5.41) is 0. The Morgan fingerprint density at radius 1 is 1.21 bits per heavy atom. The van der Waals surface area contributed by atoms with Crippen LogP contribution in [0.3, 0.4) is 0 Å². The fourth-order valence-corrected chi connectivity index (χ4v) is 2.44. The molecule has 19 heavy (non-hydrogen) atoms.